The van der Waals surface area contributed by atoms with Gasteiger partial charge in [0.25, 0.3) is 5.91 Å². The number of benzene rings is 2. The van der Waals surface area contributed by atoms with Crippen molar-refractivity contribution < 1.29 is 28.2 Å². The van der Waals surface area contributed by atoms with Gasteiger partial charge in [0.2, 0.25) is 0 Å². The molecule has 2 aromatic carbocycles. The number of amides is 1. The predicted octanol–water partition coefficient (Wildman–Crippen LogP) is 3.37. The minimum atomic E-state index is -0.937. The molecule has 0 saturated heterocycles. The molecule has 2 rings (SSSR count). The fourth-order valence-electron chi connectivity index (χ4n) is 2.99. The van der Waals surface area contributed by atoms with E-state index in [1.54, 1.807) is 32.4 Å². The maximum atomic E-state index is 13.3. The molecule has 0 aliphatic rings. The van der Waals surface area contributed by atoms with Gasteiger partial charge in [-0.25, -0.2) is 4.39 Å². The molecule has 2 aromatic rings. The number of halogens is 1. The van der Waals surface area contributed by atoms with Crippen LogP contribution in [0.4, 0.5) is 4.39 Å². The molecule has 0 radical (unpaired) electrons. The average Bonchev–Trinajstić information content (AvgIpc) is 2.71. The van der Waals surface area contributed by atoms with Gasteiger partial charge in [-0.3, -0.25) is 9.59 Å². The van der Waals surface area contributed by atoms with E-state index in [4.69, 9.17) is 14.2 Å². The molecule has 0 aromatic heterocycles. The molecule has 0 N–H and O–H groups in total. The molecular formula is C22H26FNO5. The summed E-state index contributed by atoms with van der Waals surface area (Å²) in [7, 11) is 4.66. The summed E-state index contributed by atoms with van der Waals surface area (Å²) in [5.41, 5.74) is 1.47. The van der Waals surface area contributed by atoms with Crippen LogP contribution in [0, 0.1) is 5.82 Å². The Morgan fingerprint density at radius 1 is 1.10 bits per heavy atom. The van der Waals surface area contributed by atoms with Crippen molar-refractivity contribution in [1.29, 1.82) is 0 Å². The van der Waals surface area contributed by atoms with E-state index in [0.29, 0.717) is 23.5 Å². The van der Waals surface area contributed by atoms with Crippen LogP contribution in [0.15, 0.2) is 42.5 Å². The van der Waals surface area contributed by atoms with Gasteiger partial charge in [0.1, 0.15) is 5.82 Å². The van der Waals surface area contributed by atoms with Gasteiger partial charge >= 0.3 is 5.97 Å². The molecule has 1 unspecified atom stereocenters. The standard InChI is InChI=1S/C22H26FNO5/c1-15(22(26)24(2)14-16-7-5-9-18(23)13-16)29-20(25)12-11-17-8-6-10-19(27-3)21(17)28-4/h5-10,13,15H,11-12,14H2,1-4H3. The molecular weight excluding hydrogens is 377 g/mol. The summed E-state index contributed by atoms with van der Waals surface area (Å²) in [6.07, 6.45) is -0.457. The Kier molecular flexibility index (Phi) is 8.00. The van der Waals surface area contributed by atoms with E-state index in [2.05, 4.69) is 0 Å². The van der Waals surface area contributed by atoms with E-state index in [1.807, 2.05) is 12.1 Å². The average molecular weight is 403 g/mol. The highest BCUT2D eigenvalue weighted by Gasteiger charge is 2.22. The lowest BCUT2D eigenvalue weighted by molar-refractivity contribution is -0.158. The Balaban J connectivity index is 1.89. The van der Waals surface area contributed by atoms with Crippen molar-refractivity contribution in [2.24, 2.45) is 0 Å². The zero-order valence-corrected chi connectivity index (χ0v) is 17.1. The molecule has 7 heteroatoms. The number of esters is 1. The van der Waals surface area contributed by atoms with Crippen molar-refractivity contribution in [2.45, 2.75) is 32.4 Å². The number of para-hydroxylation sites is 1. The first-order valence-corrected chi connectivity index (χ1v) is 9.24. The second-order valence-electron chi connectivity index (χ2n) is 6.61. The number of methoxy groups -OCH3 is 2. The lowest BCUT2D eigenvalue weighted by atomic mass is 10.1. The minimum absolute atomic E-state index is 0.0920. The van der Waals surface area contributed by atoms with Crippen LogP contribution in [-0.2, 0) is 27.3 Å². The van der Waals surface area contributed by atoms with Crippen LogP contribution in [0.5, 0.6) is 11.5 Å². The van der Waals surface area contributed by atoms with Crippen molar-refractivity contribution in [3.05, 3.63) is 59.4 Å². The monoisotopic (exact) mass is 403 g/mol. The number of likely N-dealkylation sites (N-methyl/N-ethyl adjacent to an activating group) is 1. The summed E-state index contributed by atoms with van der Waals surface area (Å²) in [4.78, 5) is 26.0. The highest BCUT2D eigenvalue weighted by Crippen LogP contribution is 2.31. The van der Waals surface area contributed by atoms with Gasteiger partial charge in [0.15, 0.2) is 17.6 Å². The van der Waals surface area contributed by atoms with Crippen molar-refractivity contribution in [1.82, 2.24) is 4.90 Å². The first-order valence-electron chi connectivity index (χ1n) is 9.24. The van der Waals surface area contributed by atoms with Crippen LogP contribution in [-0.4, -0.2) is 44.1 Å². The molecule has 0 aliphatic carbocycles. The summed E-state index contributed by atoms with van der Waals surface area (Å²) in [5, 5.41) is 0. The number of aryl methyl sites for hydroxylation is 1. The lowest BCUT2D eigenvalue weighted by Crippen LogP contribution is -2.37. The van der Waals surface area contributed by atoms with Gasteiger partial charge in [0.05, 0.1) is 14.2 Å². The number of hydrogen-bond donors (Lipinski definition) is 0. The molecule has 0 bridgehead atoms. The number of carbonyl (C=O) groups is 2. The largest absolute Gasteiger partial charge is 0.493 e. The first-order chi connectivity index (χ1) is 13.8. The van der Waals surface area contributed by atoms with Crippen LogP contribution in [0.2, 0.25) is 0 Å². The smallest absolute Gasteiger partial charge is 0.306 e. The highest BCUT2D eigenvalue weighted by atomic mass is 19.1. The second kappa shape index (κ2) is 10.5. The number of carbonyl (C=O) groups excluding carboxylic acids is 2. The zero-order chi connectivity index (χ0) is 21.4. The maximum absolute atomic E-state index is 13.3. The van der Waals surface area contributed by atoms with E-state index < -0.39 is 12.1 Å². The SMILES string of the molecule is COc1cccc(CCC(=O)OC(C)C(=O)N(C)Cc2cccc(F)c2)c1OC. The third-order valence-corrected chi connectivity index (χ3v) is 4.42. The fraction of sp³-hybridized carbons (Fsp3) is 0.364. The van der Waals surface area contributed by atoms with Gasteiger partial charge in [-0.1, -0.05) is 24.3 Å². The predicted molar refractivity (Wildman–Crippen MR) is 106 cm³/mol. The zero-order valence-electron chi connectivity index (χ0n) is 17.1. The van der Waals surface area contributed by atoms with Crippen molar-refractivity contribution >= 4 is 11.9 Å². The molecule has 0 aliphatic heterocycles. The fourth-order valence-corrected chi connectivity index (χ4v) is 2.99. The van der Waals surface area contributed by atoms with E-state index >= 15 is 0 Å². The molecule has 0 saturated carbocycles. The van der Waals surface area contributed by atoms with E-state index in [-0.39, 0.29) is 24.7 Å². The quantitative estimate of drug-likeness (QED) is 0.601. The van der Waals surface area contributed by atoms with E-state index in [0.717, 1.165) is 5.56 Å². The van der Waals surface area contributed by atoms with Crippen molar-refractivity contribution in [3.8, 4) is 11.5 Å². The normalized spacial score (nSPS) is 11.5. The Morgan fingerprint density at radius 3 is 2.48 bits per heavy atom. The van der Waals surface area contributed by atoms with Gasteiger partial charge in [-0.15, -0.1) is 0 Å². The molecule has 0 heterocycles. The van der Waals surface area contributed by atoms with Crippen molar-refractivity contribution in [3.63, 3.8) is 0 Å². The Hall–Kier alpha value is -3.09. The summed E-state index contributed by atoms with van der Waals surface area (Å²) in [5.74, 6) is -0.0603. The van der Waals surface area contributed by atoms with Gasteiger partial charge < -0.3 is 19.1 Å². The molecule has 156 valence electrons. The number of ether oxygens (including phenoxy) is 3. The van der Waals surface area contributed by atoms with E-state index in [9.17, 15) is 14.0 Å². The van der Waals surface area contributed by atoms with Gasteiger partial charge in [0, 0.05) is 20.0 Å². The van der Waals surface area contributed by atoms with E-state index in [1.165, 1.54) is 31.1 Å². The molecule has 6 nitrogen and oxygen atoms in total. The second-order valence-corrected chi connectivity index (χ2v) is 6.61. The molecule has 0 spiro atoms. The van der Waals surface area contributed by atoms with Gasteiger partial charge in [-0.2, -0.15) is 0 Å². The molecule has 1 amide bonds. The summed E-state index contributed by atoms with van der Waals surface area (Å²) in [6.45, 7) is 1.74. The Labute approximate surface area is 170 Å². The summed E-state index contributed by atoms with van der Waals surface area (Å²) < 4.78 is 29.2. The third kappa shape index (κ3) is 6.20. The van der Waals surface area contributed by atoms with Gasteiger partial charge in [-0.05, 0) is 42.7 Å². The van der Waals surface area contributed by atoms with Crippen LogP contribution >= 0.6 is 0 Å². The Bertz CT molecular complexity index is 855. The van der Waals surface area contributed by atoms with Crippen LogP contribution in [0.1, 0.15) is 24.5 Å². The first kappa shape index (κ1) is 22.2. The molecule has 1 atom stereocenters. The topological polar surface area (TPSA) is 65.1 Å². The Morgan fingerprint density at radius 2 is 1.83 bits per heavy atom. The number of rotatable bonds is 9. The third-order valence-electron chi connectivity index (χ3n) is 4.42. The highest BCUT2D eigenvalue weighted by molar-refractivity contribution is 5.83. The summed E-state index contributed by atoms with van der Waals surface area (Å²) >= 11 is 0. The van der Waals surface area contributed by atoms with Crippen LogP contribution in [0.25, 0.3) is 0 Å². The summed E-state index contributed by atoms with van der Waals surface area (Å²) in [6, 6.07) is 11.4. The number of hydrogen-bond acceptors (Lipinski definition) is 5. The molecule has 0 fully saturated rings. The maximum Gasteiger partial charge on any atom is 0.306 e. The lowest BCUT2D eigenvalue weighted by Gasteiger charge is -2.21. The van der Waals surface area contributed by atoms with Crippen molar-refractivity contribution in [2.75, 3.05) is 21.3 Å². The minimum Gasteiger partial charge on any atom is -0.493 e. The van der Waals surface area contributed by atoms with Crippen LogP contribution in [0.3, 0.4) is 0 Å². The number of nitrogens with zero attached hydrogens (tertiary/aromatic N) is 1. The van der Waals surface area contributed by atoms with Crippen LogP contribution < -0.4 is 9.47 Å². The molecule has 29 heavy (non-hydrogen) atoms.